The highest BCUT2D eigenvalue weighted by molar-refractivity contribution is 5.97. The van der Waals surface area contributed by atoms with E-state index in [0.717, 1.165) is 49.5 Å². The Morgan fingerprint density at radius 1 is 1.26 bits per heavy atom. The summed E-state index contributed by atoms with van der Waals surface area (Å²) in [6.45, 7) is 5.53. The van der Waals surface area contributed by atoms with Crippen molar-refractivity contribution in [3.05, 3.63) is 29.3 Å². The third-order valence-corrected chi connectivity index (χ3v) is 3.94. The van der Waals surface area contributed by atoms with Crippen LogP contribution in [-0.2, 0) is 6.42 Å². The van der Waals surface area contributed by atoms with Crippen LogP contribution in [0.5, 0.6) is 5.75 Å². The zero-order chi connectivity index (χ0) is 13.4. The number of carbonyl (C=O) groups is 1. The van der Waals surface area contributed by atoms with Crippen molar-refractivity contribution in [2.75, 3.05) is 33.2 Å². The van der Waals surface area contributed by atoms with Crippen LogP contribution >= 0.6 is 0 Å². The summed E-state index contributed by atoms with van der Waals surface area (Å²) in [5.74, 6) is 0.915. The predicted octanol–water partition coefficient (Wildman–Crippen LogP) is 1.40. The highest BCUT2D eigenvalue weighted by Gasteiger charge is 2.28. The largest absolute Gasteiger partial charge is 0.489 e. The van der Waals surface area contributed by atoms with Crippen LogP contribution in [-0.4, -0.2) is 55.0 Å². The van der Waals surface area contributed by atoms with E-state index in [1.54, 1.807) is 0 Å². The molecule has 1 aromatic rings. The summed E-state index contributed by atoms with van der Waals surface area (Å²) < 4.78 is 5.81. The number of likely N-dealkylation sites (N-methyl/N-ethyl adjacent to an activating group) is 1. The molecule has 0 spiro atoms. The van der Waals surface area contributed by atoms with Crippen LogP contribution in [0.15, 0.2) is 18.2 Å². The summed E-state index contributed by atoms with van der Waals surface area (Å²) in [5, 5.41) is 0. The molecule has 0 saturated carbocycles. The first-order valence-electron chi connectivity index (χ1n) is 6.91. The molecule has 0 N–H and O–H groups in total. The van der Waals surface area contributed by atoms with Crippen LogP contribution in [0.3, 0.4) is 0 Å². The number of hydrogen-bond acceptors (Lipinski definition) is 3. The third kappa shape index (κ3) is 2.32. The molecule has 19 heavy (non-hydrogen) atoms. The number of nitrogens with zero attached hydrogens (tertiary/aromatic N) is 2. The number of benzene rings is 1. The number of fused-ring (bicyclic) bond motifs is 1. The first-order valence-corrected chi connectivity index (χ1v) is 6.91. The number of amides is 1. The van der Waals surface area contributed by atoms with Gasteiger partial charge >= 0.3 is 0 Å². The van der Waals surface area contributed by atoms with Gasteiger partial charge in [-0.3, -0.25) is 4.79 Å². The lowest BCUT2D eigenvalue weighted by Crippen LogP contribution is -2.47. The second-order valence-corrected chi connectivity index (χ2v) is 5.52. The highest BCUT2D eigenvalue weighted by Crippen LogP contribution is 2.33. The lowest BCUT2D eigenvalue weighted by Gasteiger charge is -2.32. The molecule has 0 radical (unpaired) electrons. The average Bonchev–Trinajstić information content (AvgIpc) is 2.78. The second-order valence-electron chi connectivity index (χ2n) is 5.52. The van der Waals surface area contributed by atoms with Gasteiger partial charge in [0.15, 0.2) is 0 Å². The maximum atomic E-state index is 12.6. The molecule has 1 amide bonds. The Morgan fingerprint density at radius 3 is 2.74 bits per heavy atom. The Labute approximate surface area is 113 Å². The fourth-order valence-corrected chi connectivity index (χ4v) is 2.79. The van der Waals surface area contributed by atoms with E-state index in [1.807, 2.05) is 24.0 Å². The van der Waals surface area contributed by atoms with Crippen LogP contribution in [0.2, 0.25) is 0 Å². The van der Waals surface area contributed by atoms with E-state index in [4.69, 9.17) is 4.74 Å². The van der Waals surface area contributed by atoms with E-state index in [9.17, 15) is 4.79 Å². The van der Waals surface area contributed by atoms with Crippen LogP contribution in [0.1, 0.15) is 22.8 Å². The molecule has 4 nitrogen and oxygen atoms in total. The summed E-state index contributed by atoms with van der Waals surface area (Å²) in [7, 11) is 2.09. The molecule has 0 aromatic heterocycles. The van der Waals surface area contributed by atoms with Crippen molar-refractivity contribution in [1.29, 1.82) is 0 Å². The molecule has 3 rings (SSSR count). The quantitative estimate of drug-likeness (QED) is 0.765. The molecular weight excluding hydrogens is 240 g/mol. The average molecular weight is 260 g/mol. The standard InChI is InChI=1S/C15H20N2O2/c1-11-10-12-4-3-5-13(14(12)19-11)15(18)17-8-6-16(2)7-9-17/h3-5,11H,6-10H2,1-2H3/t11-/m0/s1. The molecule has 2 aliphatic rings. The van der Waals surface area contributed by atoms with Crippen LogP contribution in [0.25, 0.3) is 0 Å². The Balaban J connectivity index is 1.83. The van der Waals surface area contributed by atoms with Gasteiger partial charge in [0.1, 0.15) is 11.9 Å². The van der Waals surface area contributed by atoms with Crippen molar-refractivity contribution < 1.29 is 9.53 Å². The van der Waals surface area contributed by atoms with E-state index in [0.29, 0.717) is 0 Å². The molecule has 1 fully saturated rings. The zero-order valence-electron chi connectivity index (χ0n) is 11.6. The Kier molecular flexibility index (Phi) is 3.19. The second kappa shape index (κ2) is 4.85. The molecule has 102 valence electrons. The van der Waals surface area contributed by atoms with E-state index in [2.05, 4.69) is 18.0 Å². The van der Waals surface area contributed by atoms with Gasteiger partial charge < -0.3 is 14.5 Å². The molecule has 0 aliphatic carbocycles. The smallest absolute Gasteiger partial charge is 0.257 e. The SMILES string of the molecule is C[C@H]1Cc2cccc(C(=O)N3CCN(C)CC3)c2O1. The summed E-state index contributed by atoms with van der Waals surface area (Å²) in [6, 6.07) is 5.90. The molecule has 1 saturated heterocycles. The number of ether oxygens (including phenoxy) is 1. The van der Waals surface area contributed by atoms with Crippen LogP contribution in [0, 0.1) is 0 Å². The Bertz CT molecular complexity index is 493. The van der Waals surface area contributed by atoms with Gasteiger partial charge in [-0.25, -0.2) is 0 Å². The maximum Gasteiger partial charge on any atom is 0.257 e. The minimum absolute atomic E-state index is 0.110. The van der Waals surface area contributed by atoms with Gasteiger partial charge in [0.05, 0.1) is 5.56 Å². The fourth-order valence-electron chi connectivity index (χ4n) is 2.79. The zero-order valence-corrected chi connectivity index (χ0v) is 11.6. The maximum absolute atomic E-state index is 12.6. The van der Waals surface area contributed by atoms with Crippen LogP contribution < -0.4 is 4.74 Å². The van der Waals surface area contributed by atoms with Crippen molar-refractivity contribution in [2.24, 2.45) is 0 Å². The first kappa shape index (κ1) is 12.5. The van der Waals surface area contributed by atoms with E-state index in [-0.39, 0.29) is 12.0 Å². The van der Waals surface area contributed by atoms with E-state index >= 15 is 0 Å². The van der Waals surface area contributed by atoms with Crippen LogP contribution in [0.4, 0.5) is 0 Å². The monoisotopic (exact) mass is 260 g/mol. The molecule has 2 heterocycles. The fraction of sp³-hybridized carbons (Fsp3) is 0.533. The summed E-state index contributed by atoms with van der Waals surface area (Å²) >= 11 is 0. The van der Waals surface area contributed by atoms with Crippen molar-refractivity contribution >= 4 is 5.91 Å². The Hall–Kier alpha value is -1.55. The number of piperazine rings is 1. The minimum atomic E-state index is 0.110. The lowest BCUT2D eigenvalue weighted by atomic mass is 10.1. The van der Waals surface area contributed by atoms with Crippen molar-refractivity contribution in [3.8, 4) is 5.75 Å². The highest BCUT2D eigenvalue weighted by atomic mass is 16.5. The number of carbonyl (C=O) groups excluding carboxylic acids is 1. The summed E-state index contributed by atoms with van der Waals surface area (Å²) in [4.78, 5) is 16.8. The van der Waals surface area contributed by atoms with Gasteiger partial charge in [-0.05, 0) is 25.6 Å². The van der Waals surface area contributed by atoms with Gasteiger partial charge in [-0.15, -0.1) is 0 Å². The van der Waals surface area contributed by atoms with Gasteiger partial charge in [0.2, 0.25) is 0 Å². The third-order valence-electron chi connectivity index (χ3n) is 3.94. The molecule has 1 atom stereocenters. The van der Waals surface area contributed by atoms with Gasteiger partial charge in [0.25, 0.3) is 5.91 Å². The minimum Gasteiger partial charge on any atom is -0.489 e. The number of para-hydroxylation sites is 1. The van der Waals surface area contributed by atoms with E-state index in [1.165, 1.54) is 0 Å². The van der Waals surface area contributed by atoms with Crippen molar-refractivity contribution in [2.45, 2.75) is 19.4 Å². The number of hydrogen-bond donors (Lipinski definition) is 0. The predicted molar refractivity (Wildman–Crippen MR) is 73.6 cm³/mol. The van der Waals surface area contributed by atoms with Gasteiger partial charge in [-0.1, -0.05) is 12.1 Å². The van der Waals surface area contributed by atoms with Gasteiger partial charge in [-0.2, -0.15) is 0 Å². The molecule has 1 aromatic carbocycles. The molecule has 0 unspecified atom stereocenters. The lowest BCUT2D eigenvalue weighted by molar-refractivity contribution is 0.0659. The molecule has 4 heteroatoms. The first-order chi connectivity index (χ1) is 9.15. The van der Waals surface area contributed by atoms with Crippen molar-refractivity contribution in [1.82, 2.24) is 9.80 Å². The molecular formula is C15H20N2O2. The Morgan fingerprint density at radius 2 is 2.00 bits per heavy atom. The van der Waals surface area contributed by atoms with Gasteiger partial charge in [0, 0.05) is 32.6 Å². The molecule has 0 bridgehead atoms. The van der Waals surface area contributed by atoms with E-state index < -0.39 is 0 Å². The summed E-state index contributed by atoms with van der Waals surface area (Å²) in [5.41, 5.74) is 1.89. The normalized spacial score (nSPS) is 23.1. The topological polar surface area (TPSA) is 32.8 Å². The number of rotatable bonds is 1. The summed E-state index contributed by atoms with van der Waals surface area (Å²) in [6.07, 6.45) is 1.08. The molecule has 2 aliphatic heterocycles. The van der Waals surface area contributed by atoms with Crippen molar-refractivity contribution in [3.63, 3.8) is 0 Å².